The van der Waals surface area contributed by atoms with Crippen LogP contribution in [0.1, 0.15) is 15.9 Å². The number of methoxy groups -OCH3 is 2. The highest BCUT2D eigenvalue weighted by atomic mass is 16.5. The van der Waals surface area contributed by atoms with E-state index in [2.05, 4.69) is 0 Å². The third-order valence-corrected chi connectivity index (χ3v) is 3.13. The minimum atomic E-state index is -0.415. The van der Waals surface area contributed by atoms with Crippen LogP contribution in [0, 0.1) is 0 Å². The highest BCUT2D eigenvalue weighted by molar-refractivity contribution is 5.94. The maximum atomic E-state index is 11.8. The minimum Gasteiger partial charge on any atom is -0.496 e. The molecular formula is C16H17NO3. The van der Waals surface area contributed by atoms with Gasteiger partial charge in [-0.3, -0.25) is 0 Å². The van der Waals surface area contributed by atoms with Gasteiger partial charge >= 0.3 is 5.97 Å². The number of ether oxygens (including phenoxy) is 2. The maximum absolute atomic E-state index is 11.8. The molecule has 0 aliphatic heterocycles. The standard InChI is InChI=1S/C16H17NO3/c1-19-15-8-7-13(9-14(15)16(18)20-2)12-5-3-11(10-17)4-6-12/h3-9H,10,17H2,1-2H3. The zero-order valence-corrected chi connectivity index (χ0v) is 11.6. The quantitative estimate of drug-likeness (QED) is 0.868. The van der Waals surface area contributed by atoms with Gasteiger partial charge in [-0.25, -0.2) is 4.79 Å². The van der Waals surface area contributed by atoms with Crippen molar-refractivity contribution in [1.82, 2.24) is 0 Å². The number of rotatable bonds is 4. The average molecular weight is 271 g/mol. The molecular weight excluding hydrogens is 254 g/mol. The van der Waals surface area contributed by atoms with Crippen molar-refractivity contribution in [2.75, 3.05) is 14.2 Å². The molecule has 0 aromatic heterocycles. The van der Waals surface area contributed by atoms with Gasteiger partial charge in [0.1, 0.15) is 11.3 Å². The van der Waals surface area contributed by atoms with E-state index in [1.165, 1.54) is 14.2 Å². The van der Waals surface area contributed by atoms with Crippen LogP contribution in [0.2, 0.25) is 0 Å². The van der Waals surface area contributed by atoms with Crippen molar-refractivity contribution in [2.24, 2.45) is 5.73 Å². The Morgan fingerprint density at radius 1 is 1.05 bits per heavy atom. The summed E-state index contributed by atoms with van der Waals surface area (Å²) in [7, 11) is 2.88. The molecule has 0 saturated carbocycles. The van der Waals surface area contributed by atoms with Gasteiger partial charge in [-0.2, -0.15) is 0 Å². The van der Waals surface area contributed by atoms with E-state index in [-0.39, 0.29) is 0 Å². The van der Waals surface area contributed by atoms with Gasteiger partial charge in [-0.05, 0) is 28.8 Å². The molecule has 0 unspecified atom stereocenters. The summed E-state index contributed by atoms with van der Waals surface area (Å²) < 4.78 is 9.95. The van der Waals surface area contributed by atoms with E-state index in [0.29, 0.717) is 17.9 Å². The summed E-state index contributed by atoms with van der Waals surface area (Å²) in [5, 5.41) is 0. The topological polar surface area (TPSA) is 61.5 Å². The molecule has 0 amide bonds. The van der Waals surface area contributed by atoms with Crippen molar-refractivity contribution < 1.29 is 14.3 Å². The van der Waals surface area contributed by atoms with E-state index in [0.717, 1.165) is 16.7 Å². The van der Waals surface area contributed by atoms with Gasteiger partial charge < -0.3 is 15.2 Å². The van der Waals surface area contributed by atoms with Crippen molar-refractivity contribution in [1.29, 1.82) is 0 Å². The van der Waals surface area contributed by atoms with Gasteiger partial charge in [-0.15, -0.1) is 0 Å². The lowest BCUT2D eigenvalue weighted by molar-refractivity contribution is 0.0597. The molecule has 0 spiro atoms. The largest absolute Gasteiger partial charge is 0.496 e. The second-order valence-electron chi connectivity index (χ2n) is 4.31. The first-order valence-electron chi connectivity index (χ1n) is 6.25. The lowest BCUT2D eigenvalue weighted by Crippen LogP contribution is -2.04. The van der Waals surface area contributed by atoms with Gasteiger partial charge in [0, 0.05) is 6.54 Å². The molecule has 4 heteroatoms. The van der Waals surface area contributed by atoms with Gasteiger partial charge in [-0.1, -0.05) is 30.3 Å². The second kappa shape index (κ2) is 6.21. The molecule has 0 fully saturated rings. The molecule has 2 aromatic carbocycles. The van der Waals surface area contributed by atoms with Crippen LogP contribution in [0.15, 0.2) is 42.5 Å². The molecule has 104 valence electrons. The van der Waals surface area contributed by atoms with E-state index in [9.17, 15) is 4.79 Å². The first kappa shape index (κ1) is 14.1. The van der Waals surface area contributed by atoms with Crippen LogP contribution in [0.25, 0.3) is 11.1 Å². The van der Waals surface area contributed by atoms with Crippen molar-refractivity contribution in [3.63, 3.8) is 0 Å². The Morgan fingerprint density at radius 2 is 1.70 bits per heavy atom. The molecule has 0 aliphatic carbocycles. The smallest absolute Gasteiger partial charge is 0.341 e. The van der Waals surface area contributed by atoms with Gasteiger partial charge in [0.15, 0.2) is 0 Å². The Balaban J connectivity index is 2.43. The molecule has 0 bridgehead atoms. The Bertz CT molecular complexity index is 606. The molecule has 20 heavy (non-hydrogen) atoms. The summed E-state index contributed by atoms with van der Waals surface area (Å²) >= 11 is 0. The molecule has 0 atom stereocenters. The Morgan fingerprint density at radius 3 is 2.25 bits per heavy atom. The number of nitrogens with two attached hydrogens (primary N) is 1. The Hall–Kier alpha value is -2.33. The van der Waals surface area contributed by atoms with Crippen molar-refractivity contribution in [3.05, 3.63) is 53.6 Å². The van der Waals surface area contributed by atoms with Crippen LogP contribution >= 0.6 is 0 Å². The van der Waals surface area contributed by atoms with Crippen LogP contribution in [0.4, 0.5) is 0 Å². The normalized spacial score (nSPS) is 10.2. The predicted octanol–water partition coefficient (Wildman–Crippen LogP) is 2.61. The fourth-order valence-electron chi connectivity index (χ4n) is 1.99. The number of hydrogen-bond acceptors (Lipinski definition) is 4. The summed E-state index contributed by atoms with van der Waals surface area (Å²) in [6.07, 6.45) is 0. The minimum absolute atomic E-state index is 0.412. The Kier molecular flexibility index (Phi) is 4.38. The zero-order chi connectivity index (χ0) is 14.5. The first-order chi connectivity index (χ1) is 9.69. The van der Waals surface area contributed by atoms with Gasteiger partial charge in [0.05, 0.1) is 14.2 Å². The van der Waals surface area contributed by atoms with E-state index >= 15 is 0 Å². The summed E-state index contributed by atoms with van der Waals surface area (Å²) in [6.45, 7) is 0.510. The van der Waals surface area contributed by atoms with Crippen LogP contribution in [-0.4, -0.2) is 20.2 Å². The SMILES string of the molecule is COC(=O)c1cc(-c2ccc(CN)cc2)ccc1OC. The van der Waals surface area contributed by atoms with E-state index in [1.807, 2.05) is 30.3 Å². The summed E-state index contributed by atoms with van der Waals surface area (Å²) in [5.74, 6) is 0.0847. The summed E-state index contributed by atoms with van der Waals surface area (Å²) in [5.41, 5.74) is 8.99. The molecule has 0 saturated heterocycles. The van der Waals surface area contributed by atoms with Crippen LogP contribution < -0.4 is 10.5 Å². The Labute approximate surface area is 118 Å². The average Bonchev–Trinajstić information content (AvgIpc) is 2.53. The van der Waals surface area contributed by atoms with E-state index in [1.54, 1.807) is 12.1 Å². The van der Waals surface area contributed by atoms with Gasteiger partial charge in [0.2, 0.25) is 0 Å². The van der Waals surface area contributed by atoms with Crippen molar-refractivity contribution in [2.45, 2.75) is 6.54 Å². The predicted molar refractivity (Wildman–Crippen MR) is 77.7 cm³/mol. The molecule has 4 nitrogen and oxygen atoms in total. The lowest BCUT2D eigenvalue weighted by Gasteiger charge is -2.10. The number of carbonyl (C=O) groups excluding carboxylic acids is 1. The summed E-state index contributed by atoms with van der Waals surface area (Å²) in [6, 6.07) is 13.3. The first-order valence-corrected chi connectivity index (χ1v) is 6.25. The molecule has 0 aliphatic rings. The van der Waals surface area contributed by atoms with Crippen molar-refractivity contribution in [3.8, 4) is 16.9 Å². The fourth-order valence-corrected chi connectivity index (χ4v) is 1.99. The molecule has 0 heterocycles. The van der Waals surface area contributed by atoms with Crippen LogP contribution in [-0.2, 0) is 11.3 Å². The number of hydrogen-bond donors (Lipinski definition) is 1. The molecule has 2 rings (SSSR count). The number of esters is 1. The second-order valence-corrected chi connectivity index (χ2v) is 4.31. The summed E-state index contributed by atoms with van der Waals surface area (Å²) in [4.78, 5) is 11.8. The molecule has 0 radical (unpaired) electrons. The maximum Gasteiger partial charge on any atom is 0.341 e. The fraction of sp³-hybridized carbons (Fsp3) is 0.188. The third-order valence-electron chi connectivity index (χ3n) is 3.13. The number of benzene rings is 2. The van der Waals surface area contributed by atoms with Crippen LogP contribution in [0.3, 0.4) is 0 Å². The van der Waals surface area contributed by atoms with Crippen LogP contribution in [0.5, 0.6) is 5.75 Å². The molecule has 2 aromatic rings. The van der Waals surface area contributed by atoms with Gasteiger partial charge in [0.25, 0.3) is 0 Å². The van der Waals surface area contributed by atoms with Crippen molar-refractivity contribution >= 4 is 5.97 Å². The number of carbonyl (C=O) groups is 1. The highest BCUT2D eigenvalue weighted by Gasteiger charge is 2.13. The highest BCUT2D eigenvalue weighted by Crippen LogP contribution is 2.27. The zero-order valence-electron chi connectivity index (χ0n) is 11.6. The monoisotopic (exact) mass is 271 g/mol. The van der Waals surface area contributed by atoms with E-state index in [4.69, 9.17) is 15.2 Å². The van der Waals surface area contributed by atoms with E-state index < -0.39 is 5.97 Å². The third kappa shape index (κ3) is 2.81. The molecule has 2 N–H and O–H groups in total. The lowest BCUT2D eigenvalue weighted by atomic mass is 10.0.